The molecule has 0 unspecified atom stereocenters. The monoisotopic (exact) mass is 260 g/mol. The number of carbonyl (C=O) groups excluding carboxylic acids is 1. The van der Waals surface area contributed by atoms with Crippen molar-refractivity contribution in [1.82, 2.24) is 15.2 Å². The summed E-state index contributed by atoms with van der Waals surface area (Å²) in [4.78, 5) is 11.3. The number of ether oxygens (including phenoxy) is 1. The molecule has 2 rings (SSSR count). The summed E-state index contributed by atoms with van der Waals surface area (Å²) in [5, 5.41) is 4.02. The molecule has 0 bridgehead atoms. The molecular formula is C13H16N4O2. The highest BCUT2D eigenvalue weighted by atomic mass is 16.5. The van der Waals surface area contributed by atoms with Gasteiger partial charge in [0.15, 0.2) is 5.75 Å². The number of hydrogen-bond acceptors (Lipinski definition) is 4. The largest absolute Gasteiger partial charge is 0.486 e. The minimum atomic E-state index is -0.228. The highest BCUT2D eigenvalue weighted by Crippen LogP contribution is 2.14. The van der Waals surface area contributed by atoms with E-state index in [-0.39, 0.29) is 12.3 Å². The average Bonchev–Trinajstić information content (AvgIpc) is 2.83. The molecule has 1 aromatic carbocycles. The molecule has 0 aliphatic rings. The van der Waals surface area contributed by atoms with Crippen LogP contribution in [-0.4, -0.2) is 15.7 Å². The summed E-state index contributed by atoms with van der Waals surface area (Å²) in [7, 11) is 1.83. The van der Waals surface area contributed by atoms with Crippen LogP contribution in [0.2, 0.25) is 0 Å². The first-order valence-corrected chi connectivity index (χ1v) is 5.86. The maximum Gasteiger partial charge on any atom is 0.238 e. The number of benzene rings is 1. The van der Waals surface area contributed by atoms with Crippen molar-refractivity contribution < 1.29 is 9.53 Å². The topological polar surface area (TPSA) is 82.2 Å². The van der Waals surface area contributed by atoms with Gasteiger partial charge in [0.1, 0.15) is 6.61 Å². The maximum atomic E-state index is 11.3. The van der Waals surface area contributed by atoms with Crippen LogP contribution < -0.4 is 16.0 Å². The van der Waals surface area contributed by atoms with Crippen molar-refractivity contribution in [3.8, 4) is 5.75 Å². The molecule has 6 nitrogen and oxygen atoms in total. The Bertz CT molecular complexity index is 565. The molecule has 6 heteroatoms. The minimum Gasteiger partial charge on any atom is -0.486 e. The summed E-state index contributed by atoms with van der Waals surface area (Å²) in [6.45, 7) is 0.389. The molecule has 0 saturated heterocycles. The molecule has 0 saturated carbocycles. The molecule has 3 N–H and O–H groups in total. The zero-order valence-corrected chi connectivity index (χ0v) is 10.7. The minimum absolute atomic E-state index is 0.228. The first kappa shape index (κ1) is 13.1. The second-order valence-corrected chi connectivity index (χ2v) is 4.15. The molecule has 0 aliphatic carbocycles. The summed E-state index contributed by atoms with van der Waals surface area (Å²) in [5.41, 5.74) is 3.98. The van der Waals surface area contributed by atoms with E-state index >= 15 is 0 Å². The standard InChI is InChI=1S/C13H16N4O2/c1-17-8-12(7-15-17)19-9-11-5-3-2-4-10(11)6-13(18)16-14/h2-5,7-8H,6,9,14H2,1H3,(H,16,18). The van der Waals surface area contributed by atoms with Gasteiger partial charge in [-0.15, -0.1) is 0 Å². The number of aryl methyl sites for hydroxylation is 1. The van der Waals surface area contributed by atoms with Gasteiger partial charge >= 0.3 is 0 Å². The van der Waals surface area contributed by atoms with E-state index < -0.39 is 0 Å². The number of aromatic nitrogens is 2. The Labute approximate surface area is 111 Å². The van der Waals surface area contributed by atoms with Crippen LogP contribution in [0, 0.1) is 0 Å². The molecule has 0 radical (unpaired) electrons. The molecule has 2 aromatic rings. The van der Waals surface area contributed by atoms with E-state index in [0.717, 1.165) is 11.1 Å². The molecular weight excluding hydrogens is 244 g/mol. The van der Waals surface area contributed by atoms with Crippen LogP contribution in [0.3, 0.4) is 0 Å². The summed E-state index contributed by atoms with van der Waals surface area (Å²) < 4.78 is 7.29. The normalized spacial score (nSPS) is 10.2. The van der Waals surface area contributed by atoms with Gasteiger partial charge in [-0.05, 0) is 11.1 Å². The Balaban J connectivity index is 2.05. The van der Waals surface area contributed by atoms with Crippen molar-refractivity contribution in [1.29, 1.82) is 0 Å². The average molecular weight is 260 g/mol. The Morgan fingerprint density at radius 3 is 2.79 bits per heavy atom. The number of nitrogens with two attached hydrogens (primary N) is 1. The van der Waals surface area contributed by atoms with E-state index in [2.05, 4.69) is 10.5 Å². The lowest BCUT2D eigenvalue weighted by Crippen LogP contribution is -2.31. The Kier molecular flexibility index (Phi) is 4.15. The second-order valence-electron chi connectivity index (χ2n) is 4.15. The predicted molar refractivity (Wildman–Crippen MR) is 70.0 cm³/mol. The van der Waals surface area contributed by atoms with Crippen LogP contribution in [0.15, 0.2) is 36.7 Å². The van der Waals surface area contributed by atoms with Gasteiger partial charge in [0.05, 0.1) is 18.8 Å². The quantitative estimate of drug-likeness (QED) is 0.467. The van der Waals surface area contributed by atoms with Gasteiger partial charge in [-0.1, -0.05) is 24.3 Å². The fourth-order valence-corrected chi connectivity index (χ4v) is 1.73. The van der Waals surface area contributed by atoms with Crippen LogP contribution in [0.4, 0.5) is 0 Å². The number of nitrogens with zero attached hydrogens (tertiary/aromatic N) is 2. The van der Waals surface area contributed by atoms with E-state index in [4.69, 9.17) is 10.6 Å². The summed E-state index contributed by atoms with van der Waals surface area (Å²) in [6.07, 6.45) is 3.67. The van der Waals surface area contributed by atoms with Gasteiger partial charge in [-0.3, -0.25) is 14.9 Å². The highest BCUT2D eigenvalue weighted by Gasteiger charge is 2.07. The van der Waals surface area contributed by atoms with Crippen LogP contribution in [0.1, 0.15) is 11.1 Å². The third kappa shape index (κ3) is 3.56. The van der Waals surface area contributed by atoms with E-state index in [1.165, 1.54) is 0 Å². The van der Waals surface area contributed by atoms with Crippen molar-refractivity contribution >= 4 is 5.91 Å². The van der Waals surface area contributed by atoms with Crippen LogP contribution in [-0.2, 0) is 24.9 Å². The number of rotatable bonds is 5. The lowest BCUT2D eigenvalue weighted by atomic mass is 10.1. The first-order valence-electron chi connectivity index (χ1n) is 5.86. The van der Waals surface area contributed by atoms with Gasteiger partial charge in [0.25, 0.3) is 0 Å². The fourth-order valence-electron chi connectivity index (χ4n) is 1.73. The third-order valence-corrected chi connectivity index (χ3v) is 2.71. The Morgan fingerprint density at radius 2 is 2.16 bits per heavy atom. The second kappa shape index (κ2) is 6.01. The molecule has 19 heavy (non-hydrogen) atoms. The molecule has 1 amide bonds. The number of hydrazine groups is 1. The molecule has 0 aliphatic heterocycles. The molecule has 0 fully saturated rings. The molecule has 1 heterocycles. The van der Waals surface area contributed by atoms with Crippen molar-refractivity contribution in [3.63, 3.8) is 0 Å². The van der Waals surface area contributed by atoms with Crippen LogP contribution in [0.5, 0.6) is 5.75 Å². The smallest absolute Gasteiger partial charge is 0.238 e. The van der Waals surface area contributed by atoms with Crippen molar-refractivity contribution in [2.45, 2.75) is 13.0 Å². The predicted octanol–water partition coefficient (Wildman–Crippen LogP) is 0.531. The zero-order chi connectivity index (χ0) is 13.7. The van der Waals surface area contributed by atoms with E-state index in [1.54, 1.807) is 17.1 Å². The van der Waals surface area contributed by atoms with Crippen molar-refractivity contribution in [3.05, 3.63) is 47.8 Å². The first-order chi connectivity index (χ1) is 9.19. The third-order valence-electron chi connectivity index (χ3n) is 2.71. The summed E-state index contributed by atoms with van der Waals surface area (Å²) in [6, 6.07) is 7.60. The molecule has 100 valence electrons. The maximum absolute atomic E-state index is 11.3. The summed E-state index contributed by atoms with van der Waals surface area (Å²) >= 11 is 0. The van der Waals surface area contributed by atoms with Gasteiger partial charge in [-0.25, -0.2) is 5.84 Å². The van der Waals surface area contributed by atoms with Crippen molar-refractivity contribution in [2.24, 2.45) is 12.9 Å². The van der Waals surface area contributed by atoms with Crippen molar-refractivity contribution in [2.75, 3.05) is 0 Å². The number of nitrogens with one attached hydrogen (secondary N) is 1. The number of amides is 1. The zero-order valence-electron chi connectivity index (χ0n) is 10.7. The molecule has 1 aromatic heterocycles. The Morgan fingerprint density at radius 1 is 1.42 bits per heavy atom. The van der Waals surface area contributed by atoms with Crippen LogP contribution >= 0.6 is 0 Å². The summed E-state index contributed by atoms with van der Waals surface area (Å²) in [5.74, 6) is 5.56. The van der Waals surface area contributed by atoms with Gasteiger partial charge < -0.3 is 4.74 Å². The van der Waals surface area contributed by atoms with Crippen LogP contribution in [0.25, 0.3) is 0 Å². The molecule has 0 spiro atoms. The number of carbonyl (C=O) groups is 1. The SMILES string of the molecule is Cn1cc(OCc2ccccc2CC(=O)NN)cn1. The van der Waals surface area contributed by atoms with E-state index in [9.17, 15) is 4.79 Å². The lowest BCUT2D eigenvalue weighted by Gasteiger charge is -2.09. The number of hydrogen-bond donors (Lipinski definition) is 2. The van der Waals surface area contributed by atoms with Gasteiger partial charge in [0.2, 0.25) is 5.91 Å². The fraction of sp³-hybridized carbons (Fsp3) is 0.231. The highest BCUT2D eigenvalue weighted by molar-refractivity contribution is 5.78. The van der Waals surface area contributed by atoms with E-state index in [1.807, 2.05) is 31.3 Å². The Hall–Kier alpha value is -2.34. The van der Waals surface area contributed by atoms with Gasteiger partial charge in [-0.2, -0.15) is 5.10 Å². The van der Waals surface area contributed by atoms with E-state index in [0.29, 0.717) is 12.4 Å². The van der Waals surface area contributed by atoms with Gasteiger partial charge in [0, 0.05) is 7.05 Å². The molecule has 0 atom stereocenters. The lowest BCUT2D eigenvalue weighted by molar-refractivity contribution is -0.120.